The van der Waals surface area contributed by atoms with Crippen molar-refractivity contribution in [3.05, 3.63) is 45.3 Å². The second kappa shape index (κ2) is 10.5. The number of methoxy groups -OCH3 is 1. The lowest BCUT2D eigenvalue weighted by Crippen LogP contribution is -2.44. The summed E-state index contributed by atoms with van der Waals surface area (Å²) in [5.74, 6) is -3.08. The summed E-state index contributed by atoms with van der Waals surface area (Å²) in [6.07, 6.45) is 3.86. The molecule has 0 spiro atoms. The van der Waals surface area contributed by atoms with E-state index in [4.69, 9.17) is 10.5 Å². The van der Waals surface area contributed by atoms with Crippen LogP contribution < -0.4 is 26.1 Å². The molecular weight excluding hydrogens is 486 g/mol. The van der Waals surface area contributed by atoms with E-state index >= 15 is 8.78 Å². The number of fused-ring (bicyclic) bond motifs is 1. The quantitative estimate of drug-likeness (QED) is 0.490. The SMILES string of the molecule is COc1c(N2CCCC(=C(F)CNC(=O)C(N)C(C)C)C2)c(F)cc2c(=O)c(C(=O)O)cn(C3CC3)c12. The van der Waals surface area contributed by atoms with Crippen LogP contribution in [0.1, 0.15) is 55.9 Å². The molecule has 2 aliphatic rings. The van der Waals surface area contributed by atoms with Gasteiger partial charge in [0.2, 0.25) is 11.3 Å². The van der Waals surface area contributed by atoms with Crippen molar-refractivity contribution in [2.45, 2.75) is 51.6 Å². The molecule has 1 unspecified atom stereocenters. The number of carboxylic acid groups (broad SMARTS) is 1. The van der Waals surface area contributed by atoms with Gasteiger partial charge in [0.1, 0.15) is 17.1 Å². The Bertz CT molecular complexity index is 1330. The van der Waals surface area contributed by atoms with E-state index < -0.39 is 40.6 Å². The van der Waals surface area contributed by atoms with Gasteiger partial charge in [0.25, 0.3) is 0 Å². The second-order valence-electron chi connectivity index (χ2n) is 9.97. The maximum absolute atomic E-state index is 15.6. The molecule has 1 aromatic heterocycles. The van der Waals surface area contributed by atoms with Crippen LogP contribution >= 0.6 is 0 Å². The zero-order valence-electron chi connectivity index (χ0n) is 21.1. The topological polar surface area (TPSA) is 127 Å². The van der Waals surface area contributed by atoms with Gasteiger partial charge in [-0.25, -0.2) is 13.6 Å². The molecule has 0 bridgehead atoms. The van der Waals surface area contributed by atoms with Crippen LogP contribution in [-0.4, -0.2) is 54.3 Å². The molecule has 2 fully saturated rings. The largest absolute Gasteiger partial charge is 0.492 e. The summed E-state index contributed by atoms with van der Waals surface area (Å²) in [5.41, 5.74) is 5.43. The van der Waals surface area contributed by atoms with E-state index in [1.807, 2.05) is 0 Å². The van der Waals surface area contributed by atoms with Crippen LogP contribution in [0.5, 0.6) is 5.75 Å². The Labute approximate surface area is 212 Å². The average molecular weight is 519 g/mol. The minimum Gasteiger partial charge on any atom is -0.492 e. The minimum absolute atomic E-state index is 0.0245. The molecule has 1 aliphatic heterocycles. The third-order valence-corrected chi connectivity index (χ3v) is 7.00. The van der Waals surface area contributed by atoms with Crippen LogP contribution in [0.2, 0.25) is 0 Å². The first kappa shape index (κ1) is 26.6. The van der Waals surface area contributed by atoms with Crippen LogP contribution in [0.4, 0.5) is 14.5 Å². The summed E-state index contributed by atoms with van der Waals surface area (Å²) in [4.78, 5) is 38.3. The van der Waals surface area contributed by atoms with E-state index in [9.17, 15) is 19.5 Å². The first-order valence-electron chi connectivity index (χ1n) is 12.4. The second-order valence-corrected chi connectivity index (χ2v) is 9.97. The predicted molar refractivity (Wildman–Crippen MR) is 135 cm³/mol. The summed E-state index contributed by atoms with van der Waals surface area (Å²) < 4.78 is 37.9. The number of halogens is 2. The van der Waals surface area contributed by atoms with Crippen molar-refractivity contribution in [2.75, 3.05) is 31.6 Å². The summed E-state index contributed by atoms with van der Waals surface area (Å²) in [7, 11) is 1.36. The van der Waals surface area contributed by atoms with Gasteiger partial charge in [0, 0.05) is 25.3 Å². The highest BCUT2D eigenvalue weighted by Crippen LogP contribution is 2.44. The Morgan fingerprint density at radius 1 is 1.32 bits per heavy atom. The lowest BCUT2D eigenvalue weighted by atomic mass is 10.0. The summed E-state index contributed by atoms with van der Waals surface area (Å²) in [5, 5.41) is 11.9. The summed E-state index contributed by atoms with van der Waals surface area (Å²) in [6, 6.07) is 0.272. The van der Waals surface area contributed by atoms with Gasteiger partial charge < -0.3 is 30.4 Å². The van der Waals surface area contributed by atoms with Crippen LogP contribution in [0, 0.1) is 11.7 Å². The molecule has 37 heavy (non-hydrogen) atoms. The first-order chi connectivity index (χ1) is 17.5. The third-order valence-electron chi connectivity index (χ3n) is 7.00. The molecule has 1 atom stereocenters. The monoisotopic (exact) mass is 518 g/mol. The number of anilines is 1. The number of benzene rings is 1. The van der Waals surface area contributed by atoms with E-state index in [0.717, 1.165) is 18.9 Å². The number of aromatic carboxylic acids is 1. The highest BCUT2D eigenvalue weighted by Gasteiger charge is 2.32. The minimum atomic E-state index is -1.38. The summed E-state index contributed by atoms with van der Waals surface area (Å²) in [6.45, 7) is 3.78. The maximum Gasteiger partial charge on any atom is 0.341 e. The van der Waals surface area contributed by atoms with Gasteiger partial charge in [-0.3, -0.25) is 9.59 Å². The number of nitrogens with one attached hydrogen (secondary N) is 1. The molecule has 1 saturated heterocycles. The number of piperidine rings is 1. The average Bonchev–Trinajstić information content (AvgIpc) is 3.71. The molecule has 2 aromatic rings. The number of ether oxygens (including phenoxy) is 1. The maximum atomic E-state index is 15.6. The smallest absolute Gasteiger partial charge is 0.341 e. The third kappa shape index (κ3) is 5.18. The molecule has 1 saturated carbocycles. The number of carbonyl (C=O) groups excluding carboxylic acids is 1. The molecule has 2 heterocycles. The van der Waals surface area contributed by atoms with E-state index in [0.29, 0.717) is 30.5 Å². The Morgan fingerprint density at radius 3 is 2.62 bits per heavy atom. The lowest BCUT2D eigenvalue weighted by molar-refractivity contribution is -0.123. The number of aromatic nitrogens is 1. The number of carboxylic acids is 1. The number of hydrogen-bond acceptors (Lipinski definition) is 6. The Morgan fingerprint density at radius 2 is 2.03 bits per heavy atom. The van der Waals surface area contributed by atoms with Crippen molar-refractivity contribution in [1.29, 1.82) is 0 Å². The number of hydrogen-bond donors (Lipinski definition) is 3. The number of nitrogens with zero attached hydrogens (tertiary/aromatic N) is 2. The van der Waals surface area contributed by atoms with Crippen molar-refractivity contribution in [3.63, 3.8) is 0 Å². The molecule has 1 amide bonds. The molecule has 4 rings (SSSR count). The van der Waals surface area contributed by atoms with Crippen LogP contribution in [0.3, 0.4) is 0 Å². The lowest BCUT2D eigenvalue weighted by Gasteiger charge is -2.33. The molecule has 9 nitrogen and oxygen atoms in total. The fraction of sp³-hybridized carbons (Fsp3) is 0.500. The fourth-order valence-electron chi connectivity index (χ4n) is 4.72. The number of nitrogens with two attached hydrogens (primary N) is 1. The van der Waals surface area contributed by atoms with Gasteiger partial charge in [-0.1, -0.05) is 13.8 Å². The number of carbonyl (C=O) groups is 2. The van der Waals surface area contributed by atoms with Crippen LogP contribution in [0.15, 0.2) is 28.5 Å². The highest BCUT2D eigenvalue weighted by molar-refractivity contribution is 5.97. The van der Waals surface area contributed by atoms with Crippen molar-refractivity contribution in [1.82, 2.24) is 9.88 Å². The Balaban J connectivity index is 1.72. The Hall–Kier alpha value is -3.47. The predicted octanol–water partition coefficient (Wildman–Crippen LogP) is 3.11. The van der Waals surface area contributed by atoms with Crippen molar-refractivity contribution in [2.24, 2.45) is 11.7 Å². The van der Waals surface area contributed by atoms with E-state index in [1.165, 1.54) is 13.3 Å². The van der Waals surface area contributed by atoms with Gasteiger partial charge in [-0.05, 0) is 43.2 Å². The van der Waals surface area contributed by atoms with Crippen LogP contribution in [0.25, 0.3) is 10.9 Å². The van der Waals surface area contributed by atoms with Crippen molar-refractivity contribution < 1.29 is 28.2 Å². The van der Waals surface area contributed by atoms with Gasteiger partial charge in [-0.2, -0.15) is 0 Å². The summed E-state index contributed by atoms with van der Waals surface area (Å²) >= 11 is 0. The number of amides is 1. The van der Waals surface area contributed by atoms with E-state index in [2.05, 4.69) is 5.32 Å². The molecule has 4 N–H and O–H groups in total. The first-order valence-corrected chi connectivity index (χ1v) is 12.4. The zero-order chi connectivity index (χ0) is 27.0. The van der Waals surface area contributed by atoms with Gasteiger partial charge in [-0.15, -0.1) is 0 Å². The molecule has 1 aliphatic carbocycles. The molecule has 0 radical (unpaired) electrons. The Kier molecular flexibility index (Phi) is 7.54. The number of rotatable bonds is 8. The van der Waals surface area contributed by atoms with Crippen molar-refractivity contribution >= 4 is 28.5 Å². The molecule has 200 valence electrons. The molecule has 1 aromatic carbocycles. The van der Waals surface area contributed by atoms with E-state index in [-0.39, 0.29) is 41.9 Å². The zero-order valence-corrected chi connectivity index (χ0v) is 21.1. The molecular formula is C26H32F2N4O5. The fourth-order valence-corrected chi connectivity index (χ4v) is 4.72. The van der Waals surface area contributed by atoms with Gasteiger partial charge >= 0.3 is 5.97 Å². The standard InChI is InChI=1S/C26H32F2N4O5/c1-13(2)20(29)25(34)30-10-19(28)14-5-4-8-31(11-14)22-18(27)9-16-21(24(22)37-3)32(15-6-7-15)12-17(23(16)33)26(35)36/h9,12-13,15,20H,4-8,10-11,29H2,1-3H3,(H,30,34)(H,35,36). The highest BCUT2D eigenvalue weighted by atomic mass is 19.1. The van der Waals surface area contributed by atoms with Gasteiger partial charge in [0.15, 0.2) is 11.6 Å². The van der Waals surface area contributed by atoms with Crippen LogP contribution in [-0.2, 0) is 4.79 Å². The van der Waals surface area contributed by atoms with Crippen molar-refractivity contribution in [3.8, 4) is 5.75 Å². The van der Waals surface area contributed by atoms with E-state index in [1.54, 1.807) is 23.3 Å². The normalized spacial score (nSPS) is 18.2. The van der Waals surface area contributed by atoms with Gasteiger partial charge in [0.05, 0.1) is 30.6 Å². The number of pyridine rings is 1. The molecule has 11 heteroatoms.